The number of fused-ring (bicyclic) bond motifs is 3. The molecule has 2 atom stereocenters. The van der Waals surface area contributed by atoms with Crippen molar-refractivity contribution in [3.8, 4) is 11.5 Å². The van der Waals surface area contributed by atoms with Crippen LogP contribution in [0.4, 0.5) is 0 Å². The van der Waals surface area contributed by atoms with Gasteiger partial charge in [-0.3, -0.25) is 10.1 Å². The lowest BCUT2D eigenvalue weighted by atomic mass is 9.90. The van der Waals surface area contributed by atoms with Crippen LogP contribution >= 0.6 is 0 Å². The zero-order chi connectivity index (χ0) is 19.0. The third kappa shape index (κ3) is 2.92. The molecule has 1 aromatic heterocycles. The first kappa shape index (κ1) is 17.4. The quantitative estimate of drug-likeness (QED) is 0.695. The zero-order valence-electron chi connectivity index (χ0n) is 15.5. The topological polar surface area (TPSA) is 72.6 Å². The zero-order valence-corrected chi connectivity index (χ0v) is 15.5. The molecule has 0 bridgehead atoms. The van der Waals surface area contributed by atoms with Crippen LogP contribution in [0.3, 0.4) is 0 Å². The standard InChI is InChI=1S/C21H22N2O4/c1-25-12-8-9-14(18(10-12)26-2)19-20-15(11-17(23-19)21(24)27-3)13-6-4-5-7-16(13)22-20/h4-10,17,19,22-23H,11H2,1-3H3/t17-,19-/m1/s1. The van der Waals surface area contributed by atoms with E-state index in [4.69, 9.17) is 14.2 Å². The number of aromatic nitrogens is 1. The number of ether oxygens (including phenoxy) is 3. The van der Waals surface area contributed by atoms with Crippen LogP contribution < -0.4 is 14.8 Å². The monoisotopic (exact) mass is 366 g/mol. The van der Waals surface area contributed by atoms with Crippen molar-refractivity contribution in [2.24, 2.45) is 0 Å². The summed E-state index contributed by atoms with van der Waals surface area (Å²) in [6.45, 7) is 0. The number of H-pyrrole nitrogens is 1. The Labute approximate surface area is 157 Å². The Bertz CT molecular complexity index is 995. The Morgan fingerprint density at radius 3 is 2.63 bits per heavy atom. The molecule has 2 heterocycles. The van der Waals surface area contributed by atoms with E-state index < -0.39 is 6.04 Å². The van der Waals surface area contributed by atoms with E-state index in [1.807, 2.05) is 36.4 Å². The summed E-state index contributed by atoms with van der Waals surface area (Å²) >= 11 is 0. The maximum Gasteiger partial charge on any atom is 0.323 e. The fourth-order valence-corrected chi connectivity index (χ4v) is 3.83. The number of nitrogens with one attached hydrogen (secondary N) is 2. The lowest BCUT2D eigenvalue weighted by Gasteiger charge is -2.31. The van der Waals surface area contributed by atoms with Crippen LogP contribution in [-0.2, 0) is 16.0 Å². The fourth-order valence-electron chi connectivity index (χ4n) is 3.83. The number of aromatic amines is 1. The second kappa shape index (κ2) is 6.96. The van der Waals surface area contributed by atoms with Gasteiger partial charge in [0.15, 0.2) is 0 Å². The highest BCUT2D eigenvalue weighted by molar-refractivity contribution is 5.87. The Morgan fingerprint density at radius 1 is 1.07 bits per heavy atom. The maximum absolute atomic E-state index is 12.3. The molecule has 27 heavy (non-hydrogen) atoms. The molecule has 6 nitrogen and oxygen atoms in total. The summed E-state index contributed by atoms with van der Waals surface area (Å²) in [5, 5.41) is 4.55. The normalized spacial score (nSPS) is 18.8. The van der Waals surface area contributed by atoms with Crippen molar-refractivity contribution in [3.05, 3.63) is 59.3 Å². The maximum atomic E-state index is 12.3. The van der Waals surface area contributed by atoms with E-state index in [2.05, 4.69) is 16.4 Å². The number of rotatable bonds is 4. The predicted molar refractivity (Wildman–Crippen MR) is 102 cm³/mol. The minimum Gasteiger partial charge on any atom is -0.497 e. The van der Waals surface area contributed by atoms with Crippen LogP contribution in [0, 0.1) is 0 Å². The van der Waals surface area contributed by atoms with Gasteiger partial charge in [0.05, 0.1) is 27.4 Å². The first-order valence-corrected chi connectivity index (χ1v) is 8.81. The first-order valence-electron chi connectivity index (χ1n) is 8.81. The van der Waals surface area contributed by atoms with Gasteiger partial charge in [-0.15, -0.1) is 0 Å². The van der Waals surface area contributed by atoms with E-state index >= 15 is 0 Å². The van der Waals surface area contributed by atoms with Crippen molar-refractivity contribution in [1.82, 2.24) is 10.3 Å². The van der Waals surface area contributed by atoms with E-state index in [9.17, 15) is 4.79 Å². The largest absolute Gasteiger partial charge is 0.497 e. The van der Waals surface area contributed by atoms with Gasteiger partial charge in [0.2, 0.25) is 0 Å². The molecular formula is C21H22N2O4. The van der Waals surface area contributed by atoms with Crippen LogP contribution in [0.25, 0.3) is 10.9 Å². The molecular weight excluding hydrogens is 344 g/mol. The molecule has 0 fully saturated rings. The summed E-state index contributed by atoms with van der Waals surface area (Å²) in [4.78, 5) is 15.8. The summed E-state index contributed by atoms with van der Waals surface area (Å²) in [7, 11) is 4.67. The number of hydrogen-bond donors (Lipinski definition) is 2. The number of hydrogen-bond acceptors (Lipinski definition) is 5. The second-order valence-electron chi connectivity index (χ2n) is 6.55. The Kier molecular flexibility index (Phi) is 4.49. The van der Waals surface area contributed by atoms with E-state index in [-0.39, 0.29) is 12.0 Å². The average molecular weight is 366 g/mol. The molecule has 2 aromatic carbocycles. The van der Waals surface area contributed by atoms with Crippen molar-refractivity contribution in [2.75, 3.05) is 21.3 Å². The second-order valence-corrected chi connectivity index (χ2v) is 6.55. The third-order valence-corrected chi connectivity index (χ3v) is 5.15. The Balaban J connectivity index is 1.88. The Hall–Kier alpha value is -2.99. The highest BCUT2D eigenvalue weighted by atomic mass is 16.5. The summed E-state index contributed by atoms with van der Waals surface area (Å²) < 4.78 is 15.9. The lowest BCUT2D eigenvalue weighted by molar-refractivity contribution is -0.143. The number of carbonyl (C=O) groups is 1. The van der Waals surface area contributed by atoms with Crippen molar-refractivity contribution in [3.63, 3.8) is 0 Å². The molecule has 3 aromatic rings. The number of carbonyl (C=O) groups excluding carboxylic acids is 1. The van der Waals surface area contributed by atoms with Gasteiger partial charge in [0, 0.05) is 34.6 Å². The van der Waals surface area contributed by atoms with Crippen LogP contribution in [0.15, 0.2) is 42.5 Å². The molecule has 4 rings (SSSR count). The van der Waals surface area contributed by atoms with Crippen molar-refractivity contribution < 1.29 is 19.0 Å². The third-order valence-electron chi connectivity index (χ3n) is 5.15. The van der Waals surface area contributed by atoms with Crippen molar-refractivity contribution in [1.29, 1.82) is 0 Å². The molecule has 0 saturated heterocycles. The molecule has 0 saturated carbocycles. The van der Waals surface area contributed by atoms with Crippen LogP contribution in [0.2, 0.25) is 0 Å². The van der Waals surface area contributed by atoms with Gasteiger partial charge in [-0.25, -0.2) is 0 Å². The van der Waals surface area contributed by atoms with Crippen molar-refractivity contribution >= 4 is 16.9 Å². The lowest BCUT2D eigenvalue weighted by Crippen LogP contribution is -2.45. The number of esters is 1. The molecule has 0 spiro atoms. The molecule has 2 N–H and O–H groups in total. The summed E-state index contributed by atoms with van der Waals surface area (Å²) in [6, 6.07) is 13.2. The number of para-hydroxylation sites is 1. The first-order chi connectivity index (χ1) is 13.2. The molecule has 6 heteroatoms. The van der Waals surface area contributed by atoms with E-state index in [0.29, 0.717) is 17.9 Å². The van der Waals surface area contributed by atoms with Gasteiger partial charge in [0.1, 0.15) is 17.5 Å². The molecule has 1 aliphatic heterocycles. The molecule has 0 unspecified atom stereocenters. The van der Waals surface area contributed by atoms with Gasteiger partial charge < -0.3 is 19.2 Å². The number of methoxy groups -OCH3 is 3. The molecule has 140 valence electrons. The molecule has 0 radical (unpaired) electrons. The van der Waals surface area contributed by atoms with Gasteiger partial charge in [-0.05, 0) is 23.8 Å². The van der Waals surface area contributed by atoms with E-state index in [0.717, 1.165) is 27.7 Å². The van der Waals surface area contributed by atoms with Crippen LogP contribution in [0.5, 0.6) is 11.5 Å². The van der Waals surface area contributed by atoms with Crippen LogP contribution in [0.1, 0.15) is 22.9 Å². The van der Waals surface area contributed by atoms with Gasteiger partial charge >= 0.3 is 5.97 Å². The summed E-state index contributed by atoms with van der Waals surface area (Å²) in [6.07, 6.45) is 0.570. The molecule has 0 amide bonds. The summed E-state index contributed by atoms with van der Waals surface area (Å²) in [5.74, 6) is 1.14. The average Bonchev–Trinajstić information content (AvgIpc) is 3.10. The SMILES string of the molecule is COC(=O)[C@H]1Cc2c([nH]c3ccccc23)[C@@H](c2ccc(OC)cc2OC)N1. The van der Waals surface area contributed by atoms with Crippen LogP contribution in [-0.4, -0.2) is 38.3 Å². The molecule has 1 aliphatic rings. The van der Waals surface area contributed by atoms with Gasteiger partial charge in [0.25, 0.3) is 0 Å². The van der Waals surface area contributed by atoms with Crippen molar-refractivity contribution in [2.45, 2.75) is 18.5 Å². The van der Waals surface area contributed by atoms with E-state index in [1.54, 1.807) is 14.2 Å². The minimum atomic E-state index is -0.432. The predicted octanol–water partition coefficient (Wildman–Crippen LogP) is 2.96. The van der Waals surface area contributed by atoms with E-state index in [1.165, 1.54) is 7.11 Å². The minimum absolute atomic E-state index is 0.230. The highest BCUT2D eigenvalue weighted by Gasteiger charge is 2.35. The van der Waals surface area contributed by atoms with Gasteiger partial charge in [-0.2, -0.15) is 0 Å². The Morgan fingerprint density at radius 2 is 1.89 bits per heavy atom. The smallest absolute Gasteiger partial charge is 0.323 e. The van der Waals surface area contributed by atoms with Gasteiger partial charge in [-0.1, -0.05) is 18.2 Å². The highest BCUT2D eigenvalue weighted by Crippen LogP contribution is 2.39. The fraction of sp³-hybridized carbons (Fsp3) is 0.286. The summed E-state index contributed by atoms with van der Waals surface area (Å²) in [5.41, 5.74) is 4.15. The molecule has 0 aliphatic carbocycles. The number of benzene rings is 2.